The molecule has 0 saturated carbocycles. The average Bonchev–Trinajstić information content (AvgIpc) is 2.35. The zero-order valence-electron chi connectivity index (χ0n) is 12.3. The number of hydrogen-bond acceptors (Lipinski definition) is 2. The van der Waals surface area contributed by atoms with Gasteiger partial charge < -0.3 is 14.6 Å². The van der Waals surface area contributed by atoms with Crippen molar-refractivity contribution < 1.29 is 9.38 Å². The molecule has 1 rings (SSSR count). The Kier molecular flexibility index (Phi) is 7.87. The van der Waals surface area contributed by atoms with Gasteiger partial charge in [0.15, 0.2) is 0 Å². The first-order valence-corrected chi connectivity index (χ1v) is 7.89. The quantitative estimate of drug-likeness (QED) is 0.357. The topological polar surface area (TPSA) is 32.3 Å². The van der Waals surface area contributed by atoms with Crippen LogP contribution in [0.15, 0.2) is 0 Å². The lowest BCUT2D eigenvalue weighted by Gasteiger charge is -2.48. The molecule has 0 aromatic rings. The summed E-state index contributed by atoms with van der Waals surface area (Å²) in [5.41, 5.74) is 0. The minimum Gasteiger partial charge on any atom is -0.633 e. The van der Waals surface area contributed by atoms with Crippen LogP contribution in [-0.4, -0.2) is 37.0 Å². The molecule has 0 bridgehead atoms. The fraction of sp³-hybridized carbons (Fsp3) is 1.00. The fourth-order valence-corrected chi connectivity index (χ4v) is 2.73. The van der Waals surface area contributed by atoms with E-state index in [0.717, 1.165) is 19.4 Å². The van der Waals surface area contributed by atoms with Crippen molar-refractivity contribution in [2.75, 3.05) is 26.2 Å². The molecular weight excluding hydrogens is 226 g/mol. The van der Waals surface area contributed by atoms with Crippen LogP contribution in [0.1, 0.15) is 65.2 Å². The van der Waals surface area contributed by atoms with Crippen molar-refractivity contribution >= 4 is 0 Å². The van der Waals surface area contributed by atoms with Crippen LogP contribution in [0.5, 0.6) is 0 Å². The van der Waals surface area contributed by atoms with Crippen LogP contribution in [0.4, 0.5) is 0 Å². The summed E-state index contributed by atoms with van der Waals surface area (Å²) in [6, 6.07) is 0. The van der Waals surface area contributed by atoms with Crippen molar-refractivity contribution in [2.45, 2.75) is 71.3 Å². The third-order valence-electron chi connectivity index (χ3n) is 3.94. The molecule has 1 saturated heterocycles. The number of unbranched alkanes of at least 4 members (excludes halogenated alkanes) is 5. The molecule has 1 aliphatic rings. The second kappa shape index (κ2) is 8.89. The van der Waals surface area contributed by atoms with E-state index in [-0.39, 0.29) is 10.8 Å². The highest BCUT2D eigenvalue weighted by Crippen LogP contribution is 2.19. The molecule has 0 aromatic carbocycles. The molecule has 18 heavy (non-hydrogen) atoms. The summed E-state index contributed by atoms with van der Waals surface area (Å²) in [6.07, 6.45) is 9.78. The first-order chi connectivity index (χ1) is 8.70. The van der Waals surface area contributed by atoms with Gasteiger partial charge in [-0.2, -0.15) is 0 Å². The summed E-state index contributed by atoms with van der Waals surface area (Å²) in [7, 11) is 0. The van der Waals surface area contributed by atoms with Gasteiger partial charge in [0, 0.05) is 0 Å². The van der Waals surface area contributed by atoms with Crippen LogP contribution in [-0.2, 0) is 4.74 Å². The number of rotatable bonds is 9. The Balaban J connectivity index is 2.22. The van der Waals surface area contributed by atoms with E-state index in [2.05, 4.69) is 13.8 Å². The van der Waals surface area contributed by atoms with E-state index in [1.165, 1.54) is 38.5 Å². The summed E-state index contributed by atoms with van der Waals surface area (Å²) in [5.74, 6) is 0. The molecule has 0 aliphatic carbocycles. The summed E-state index contributed by atoms with van der Waals surface area (Å²) in [5, 5.41) is 12.6. The highest BCUT2D eigenvalue weighted by atomic mass is 16.6. The molecule has 3 heteroatoms. The molecule has 0 N–H and O–H groups in total. The number of hydrogen-bond donors (Lipinski definition) is 0. The lowest BCUT2D eigenvalue weighted by Crippen LogP contribution is -2.54. The summed E-state index contributed by atoms with van der Waals surface area (Å²) in [4.78, 5) is 0. The number of nitrogens with zero attached hydrogens (tertiary/aromatic N) is 1. The minimum absolute atomic E-state index is 0.000502. The minimum atomic E-state index is 0.000502. The average molecular weight is 257 g/mol. The van der Waals surface area contributed by atoms with E-state index in [1.54, 1.807) is 0 Å². The van der Waals surface area contributed by atoms with Crippen LogP contribution in [0.3, 0.4) is 0 Å². The Morgan fingerprint density at radius 3 is 2.50 bits per heavy atom. The van der Waals surface area contributed by atoms with Gasteiger partial charge in [0.05, 0.1) is 13.2 Å². The first-order valence-electron chi connectivity index (χ1n) is 7.89. The van der Waals surface area contributed by atoms with Crippen molar-refractivity contribution in [3.63, 3.8) is 0 Å². The van der Waals surface area contributed by atoms with Gasteiger partial charge >= 0.3 is 0 Å². The van der Waals surface area contributed by atoms with Crippen molar-refractivity contribution in [3.8, 4) is 0 Å². The van der Waals surface area contributed by atoms with Gasteiger partial charge in [0.2, 0.25) is 0 Å². The highest BCUT2D eigenvalue weighted by molar-refractivity contribution is 4.64. The second-order valence-corrected chi connectivity index (χ2v) is 5.74. The summed E-state index contributed by atoms with van der Waals surface area (Å²) in [6.45, 7) is 7.23. The van der Waals surface area contributed by atoms with Crippen LogP contribution < -0.4 is 0 Å². The standard InChI is InChI=1S/C15H31NO2/c1-3-5-7-9-11-16(17)12-13-18-15(14-16)10-8-6-4-2/h15H,3-14H2,1-2H3. The van der Waals surface area contributed by atoms with E-state index in [9.17, 15) is 5.21 Å². The lowest BCUT2D eigenvalue weighted by atomic mass is 10.1. The Bertz CT molecular complexity index is 211. The molecule has 1 aliphatic heterocycles. The van der Waals surface area contributed by atoms with Crippen LogP contribution in [0.2, 0.25) is 0 Å². The van der Waals surface area contributed by atoms with Gasteiger partial charge in [-0.05, 0) is 19.3 Å². The number of ether oxygens (including phenoxy) is 1. The predicted molar refractivity (Wildman–Crippen MR) is 76.3 cm³/mol. The monoisotopic (exact) mass is 257 g/mol. The molecule has 108 valence electrons. The second-order valence-electron chi connectivity index (χ2n) is 5.74. The van der Waals surface area contributed by atoms with Crippen molar-refractivity contribution in [3.05, 3.63) is 5.21 Å². The molecule has 2 atom stereocenters. The van der Waals surface area contributed by atoms with Crippen LogP contribution in [0.25, 0.3) is 0 Å². The van der Waals surface area contributed by atoms with Gasteiger partial charge in [-0.3, -0.25) is 0 Å². The zero-order valence-corrected chi connectivity index (χ0v) is 12.3. The Labute approximate surface area is 113 Å². The van der Waals surface area contributed by atoms with E-state index in [4.69, 9.17) is 4.74 Å². The number of quaternary nitrogens is 1. The van der Waals surface area contributed by atoms with Crippen molar-refractivity contribution in [1.82, 2.24) is 0 Å². The van der Waals surface area contributed by atoms with E-state index in [1.807, 2.05) is 0 Å². The third kappa shape index (κ3) is 6.17. The molecule has 1 heterocycles. The van der Waals surface area contributed by atoms with E-state index < -0.39 is 0 Å². The predicted octanol–water partition coefficient (Wildman–Crippen LogP) is 3.86. The molecule has 1 fully saturated rings. The molecule has 2 unspecified atom stereocenters. The maximum atomic E-state index is 12.6. The van der Waals surface area contributed by atoms with Crippen molar-refractivity contribution in [2.24, 2.45) is 0 Å². The van der Waals surface area contributed by atoms with Gasteiger partial charge in [0.25, 0.3) is 0 Å². The van der Waals surface area contributed by atoms with Gasteiger partial charge in [-0.15, -0.1) is 0 Å². The Morgan fingerprint density at radius 1 is 1.06 bits per heavy atom. The third-order valence-corrected chi connectivity index (χ3v) is 3.94. The SMILES string of the molecule is CCCCCC[N+]1([O-])CCOC(CCCCC)C1. The molecule has 0 radical (unpaired) electrons. The Hall–Kier alpha value is -0.120. The van der Waals surface area contributed by atoms with Crippen LogP contribution >= 0.6 is 0 Å². The highest BCUT2D eigenvalue weighted by Gasteiger charge is 2.27. The molecule has 0 amide bonds. The fourth-order valence-electron chi connectivity index (χ4n) is 2.73. The zero-order chi connectivity index (χ0) is 13.3. The normalized spacial score (nSPS) is 28.5. The van der Waals surface area contributed by atoms with E-state index >= 15 is 0 Å². The lowest BCUT2D eigenvalue weighted by molar-refractivity contribution is -0.892. The van der Waals surface area contributed by atoms with Crippen LogP contribution in [0, 0.1) is 5.21 Å². The molecular formula is C15H31NO2. The summed E-state index contributed by atoms with van der Waals surface area (Å²) >= 11 is 0. The largest absolute Gasteiger partial charge is 0.633 e. The smallest absolute Gasteiger partial charge is 0.107 e. The first kappa shape index (κ1) is 15.9. The van der Waals surface area contributed by atoms with Crippen molar-refractivity contribution in [1.29, 1.82) is 0 Å². The molecule has 0 spiro atoms. The molecule has 0 aromatic heterocycles. The molecule has 3 nitrogen and oxygen atoms in total. The number of morpholine rings is 1. The number of hydroxylamine groups is 3. The Morgan fingerprint density at radius 2 is 1.78 bits per heavy atom. The van der Waals surface area contributed by atoms with Gasteiger partial charge in [-0.25, -0.2) is 0 Å². The maximum Gasteiger partial charge on any atom is 0.107 e. The van der Waals surface area contributed by atoms with Gasteiger partial charge in [-0.1, -0.05) is 46.0 Å². The van der Waals surface area contributed by atoms with E-state index in [0.29, 0.717) is 19.7 Å². The van der Waals surface area contributed by atoms with Gasteiger partial charge in [0.1, 0.15) is 19.2 Å². The maximum absolute atomic E-state index is 12.6. The summed E-state index contributed by atoms with van der Waals surface area (Å²) < 4.78 is 5.73.